The molecule has 0 N–H and O–H groups in total. The number of nitrogens with zero attached hydrogens (tertiary/aromatic N) is 6. The minimum Gasteiger partial charge on any atom is -0.352 e. The van der Waals surface area contributed by atoms with Crippen molar-refractivity contribution in [3.05, 3.63) is 45.8 Å². The van der Waals surface area contributed by atoms with Gasteiger partial charge in [-0.1, -0.05) is 0 Å². The summed E-state index contributed by atoms with van der Waals surface area (Å²) in [5, 5.41) is 8.84. The molecule has 2 aliphatic rings. The zero-order valence-electron chi connectivity index (χ0n) is 14.9. The van der Waals surface area contributed by atoms with Gasteiger partial charge in [-0.05, 0) is 44.4 Å². The number of aryl methyl sites for hydroxylation is 3. The number of hydrogen-bond acceptors (Lipinski definition) is 6. The molecule has 0 bridgehead atoms. The summed E-state index contributed by atoms with van der Waals surface area (Å²) in [6.07, 6.45) is 7.89. The molecule has 0 atom stereocenters. The molecule has 1 aliphatic heterocycles. The third-order valence-corrected chi connectivity index (χ3v) is 5.35. The lowest BCUT2D eigenvalue weighted by molar-refractivity contribution is 0.195. The maximum absolute atomic E-state index is 12.1. The molecule has 2 aromatic heterocycles. The van der Waals surface area contributed by atoms with Gasteiger partial charge in [-0.3, -0.25) is 9.69 Å². The van der Waals surface area contributed by atoms with E-state index in [0.29, 0.717) is 12.6 Å². The molecule has 4 rings (SSSR count). The molecule has 1 aliphatic carbocycles. The van der Waals surface area contributed by atoms with Gasteiger partial charge in [0, 0.05) is 44.5 Å². The van der Waals surface area contributed by atoms with E-state index in [1.165, 1.54) is 28.7 Å². The van der Waals surface area contributed by atoms with E-state index in [1.54, 1.807) is 19.6 Å². The number of hydrogen-bond donors (Lipinski definition) is 0. The summed E-state index contributed by atoms with van der Waals surface area (Å²) in [6.45, 7) is 2.46. The van der Waals surface area contributed by atoms with Crippen LogP contribution in [-0.4, -0.2) is 50.8 Å². The maximum Gasteiger partial charge on any atom is 0.257 e. The molecule has 0 aromatic carbocycles. The fourth-order valence-electron chi connectivity index (χ4n) is 3.62. The van der Waals surface area contributed by atoms with Crippen LogP contribution in [0.25, 0.3) is 0 Å². The van der Waals surface area contributed by atoms with Crippen molar-refractivity contribution in [2.75, 3.05) is 25.0 Å². The normalized spacial score (nSPS) is 17.5. The predicted molar refractivity (Wildman–Crippen MR) is 95.6 cm³/mol. The van der Waals surface area contributed by atoms with E-state index < -0.39 is 0 Å². The molecule has 132 valence electrons. The van der Waals surface area contributed by atoms with Gasteiger partial charge in [0.2, 0.25) is 0 Å². The fraction of sp³-hybridized carbons (Fsp3) is 0.556. The van der Waals surface area contributed by atoms with Crippen molar-refractivity contribution in [3.8, 4) is 0 Å². The highest BCUT2D eigenvalue weighted by molar-refractivity contribution is 5.45. The Hall–Kier alpha value is -2.28. The van der Waals surface area contributed by atoms with Crippen LogP contribution >= 0.6 is 0 Å². The van der Waals surface area contributed by atoms with Crippen LogP contribution < -0.4 is 10.5 Å². The SMILES string of the molecule is CN(Cc1cncn(C)c1=O)C1CN(c2cc3c(nn2)CCCC3)C1. The second-order valence-corrected chi connectivity index (χ2v) is 7.19. The maximum atomic E-state index is 12.1. The summed E-state index contributed by atoms with van der Waals surface area (Å²) in [5.74, 6) is 0.989. The predicted octanol–water partition coefficient (Wildman–Crippen LogP) is 0.770. The van der Waals surface area contributed by atoms with E-state index in [-0.39, 0.29) is 5.56 Å². The Bertz CT molecular complexity index is 827. The van der Waals surface area contributed by atoms with E-state index >= 15 is 0 Å². The summed E-state index contributed by atoms with van der Waals surface area (Å²) in [7, 11) is 3.80. The van der Waals surface area contributed by atoms with Gasteiger partial charge in [0.05, 0.1) is 12.0 Å². The number of anilines is 1. The second-order valence-electron chi connectivity index (χ2n) is 7.19. The Balaban J connectivity index is 1.38. The van der Waals surface area contributed by atoms with Crippen LogP contribution in [0, 0.1) is 0 Å². The third-order valence-electron chi connectivity index (χ3n) is 5.35. The second kappa shape index (κ2) is 6.55. The average Bonchev–Trinajstić information content (AvgIpc) is 2.57. The first-order valence-corrected chi connectivity index (χ1v) is 8.92. The van der Waals surface area contributed by atoms with Crippen LogP contribution in [0.2, 0.25) is 0 Å². The molecule has 0 radical (unpaired) electrons. The number of aromatic nitrogens is 4. The molecule has 0 unspecified atom stereocenters. The van der Waals surface area contributed by atoms with Gasteiger partial charge in [0.25, 0.3) is 5.56 Å². The van der Waals surface area contributed by atoms with Gasteiger partial charge < -0.3 is 9.47 Å². The van der Waals surface area contributed by atoms with Crippen molar-refractivity contribution in [1.82, 2.24) is 24.6 Å². The lowest BCUT2D eigenvalue weighted by Crippen LogP contribution is -2.58. The fourth-order valence-corrected chi connectivity index (χ4v) is 3.62. The van der Waals surface area contributed by atoms with Gasteiger partial charge in [-0.25, -0.2) is 4.98 Å². The van der Waals surface area contributed by atoms with Crippen molar-refractivity contribution in [1.29, 1.82) is 0 Å². The minimum absolute atomic E-state index is 0.0265. The van der Waals surface area contributed by atoms with Gasteiger partial charge in [-0.2, -0.15) is 5.10 Å². The average molecular weight is 340 g/mol. The minimum atomic E-state index is 0.0265. The van der Waals surface area contributed by atoms with Crippen LogP contribution in [0.5, 0.6) is 0 Å². The molecule has 0 saturated carbocycles. The molecule has 1 fully saturated rings. The van der Waals surface area contributed by atoms with Gasteiger partial charge in [0.15, 0.2) is 5.82 Å². The largest absolute Gasteiger partial charge is 0.352 e. The van der Waals surface area contributed by atoms with Crippen LogP contribution in [0.1, 0.15) is 29.7 Å². The first-order valence-electron chi connectivity index (χ1n) is 8.92. The topological polar surface area (TPSA) is 67.2 Å². The highest BCUT2D eigenvalue weighted by Crippen LogP contribution is 2.26. The third kappa shape index (κ3) is 3.16. The van der Waals surface area contributed by atoms with Gasteiger partial charge >= 0.3 is 0 Å². The van der Waals surface area contributed by atoms with Crippen LogP contribution in [0.4, 0.5) is 5.82 Å². The summed E-state index contributed by atoms with van der Waals surface area (Å²) in [4.78, 5) is 20.7. The molecule has 7 nitrogen and oxygen atoms in total. The lowest BCUT2D eigenvalue weighted by Gasteiger charge is -2.44. The van der Waals surface area contributed by atoms with Crippen molar-refractivity contribution >= 4 is 5.82 Å². The molecule has 1 saturated heterocycles. The number of fused-ring (bicyclic) bond motifs is 1. The zero-order chi connectivity index (χ0) is 17.4. The number of likely N-dealkylation sites (N-methyl/N-ethyl adjacent to an activating group) is 1. The first kappa shape index (κ1) is 16.2. The molecular formula is C18H24N6O. The van der Waals surface area contributed by atoms with Crippen molar-refractivity contribution in [2.45, 2.75) is 38.3 Å². The van der Waals surface area contributed by atoms with Crippen LogP contribution in [0.3, 0.4) is 0 Å². The van der Waals surface area contributed by atoms with Crippen molar-refractivity contribution < 1.29 is 0 Å². The van der Waals surface area contributed by atoms with Crippen molar-refractivity contribution in [2.24, 2.45) is 7.05 Å². The lowest BCUT2D eigenvalue weighted by atomic mass is 9.96. The Morgan fingerprint density at radius 1 is 1.24 bits per heavy atom. The molecule has 3 heterocycles. The number of rotatable bonds is 4. The molecule has 2 aromatic rings. The Morgan fingerprint density at radius 2 is 2.04 bits per heavy atom. The van der Waals surface area contributed by atoms with E-state index in [4.69, 9.17) is 0 Å². The Labute approximate surface area is 147 Å². The smallest absolute Gasteiger partial charge is 0.257 e. The van der Waals surface area contributed by atoms with E-state index in [0.717, 1.165) is 37.3 Å². The van der Waals surface area contributed by atoms with E-state index in [2.05, 4.69) is 38.1 Å². The quantitative estimate of drug-likeness (QED) is 0.819. The summed E-state index contributed by atoms with van der Waals surface area (Å²) in [6, 6.07) is 2.64. The zero-order valence-corrected chi connectivity index (χ0v) is 14.9. The van der Waals surface area contributed by atoms with Crippen molar-refractivity contribution in [3.63, 3.8) is 0 Å². The highest BCUT2D eigenvalue weighted by atomic mass is 16.1. The van der Waals surface area contributed by atoms with E-state index in [1.807, 2.05) is 0 Å². The molecular weight excluding hydrogens is 316 g/mol. The summed E-state index contributed by atoms with van der Waals surface area (Å²) < 4.78 is 1.53. The summed E-state index contributed by atoms with van der Waals surface area (Å²) in [5.41, 5.74) is 3.31. The standard InChI is InChI=1S/C18H24N6O/c1-22(9-14-8-19-12-23(2)18(14)25)15-10-24(11-15)17-7-13-5-3-4-6-16(13)20-21-17/h7-8,12,15H,3-6,9-11H2,1-2H3. The molecule has 0 amide bonds. The van der Waals surface area contributed by atoms with Gasteiger partial charge in [-0.15, -0.1) is 5.10 Å². The Kier molecular flexibility index (Phi) is 4.25. The van der Waals surface area contributed by atoms with Crippen LogP contribution in [0.15, 0.2) is 23.4 Å². The first-order chi connectivity index (χ1) is 12.1. The highest BCUT2D eigenvalue weighted by Gasteiger charge is 2.32. The molecule has 0 spiro atoms. The van der Waals surface area contributed by atoms with Gasteiger partial charge in [0.1, 0.15) is 0 Å². The Morgan fingerprint density at radius 3 is 2.88 bits per heavy atom. The monoisotopic (exact) mass is 340 g/mol. The molecule has 25 heavy (non-hydrogen) atoms. The summed E-state index contributed by atoms with van der Waals surface area (Å²) >= 11 is 0. The van der Waals surface area contributed by atoms with Crippen LogP contribution in [-0.2, 0) is 26.4 Å². The molecule has 7 heteroatoms. The van der Waals surface area contributed by atoms with E-state index in [9.17, 15) is 4.79 Å².